The first-order valence-electron chi connectivity index (χ1n) is 7.80. The zero-order valence-electron chi connectivity index (χ0n) is 13.6. The monoisotopic (exact) mass is 348 g/mol. The van der Waals surface area contributed by atoms with Gasteiger partial charge in [0, 0.05) is 18.7 Å². The number of hydrogen-bond acceptors (Lipinski definition) is 5. The van der Waals surface area contributed by atoms with E-state index in [2.05, 4.69) is 5.32 Å². The highest BCUT2D eigenvalue weighted by Crippen LogP contribution is 2.21. The highest BCUT2D eigenvalue weighted by molar-refractivity contribution is 5.67. The quantitative estimate of drug-likeness (QED) is 0.608. The van der Waals surface area contributed by atoms with Crippen molar-refractivity contribution in [3.8, 4) is 0 Å². The minimum absolute atomic E-state index is 0.0742. The van der Waals surface area contributed by atoms with Crippen molar-refractivity contribution in [2.24, 2.45) is 5.73 Å². The number of carbonyl (C=O) groups is 1. The molecule has 0 saturated carbocycles. The molecule has 0 spiro atoms. The van der Waals surface area contributed by atoms with E-state index >= 15 is 0 Å². The second kappa shape index (κ2) is 9.12. The molecule has 0 saturated heterocycles. The molecule has 2 rings (SSSR count). The smallest absolute Gasteiger partial charge is 0.407 e. The van der Waals surface area contributed by atoms with Crippen LogP contribution in [0.2, 0.25) is 0 Å². The van der Waals surface area contributed by atoms with Crippen molar-refractivity contribution in [2.75, 3.05) is 6.54 Å². The summed E-state index contributed by atoms with van der Waals surface area (Å²) in [6, 6.07) is 13.2. The average Bonchev–Trinajstić information content (AvgIpc) is 2.65. The fraction of sp³-hybridized carbons (Fsp3) is 0.278. The van der Waals surface area contributed by atoms with Crippen LogP contribution in [0.1, 0.15) is 22.8 Å². The first-order chi connectivity index (χ1) is 12.0. The molecule has 5 N–H and O–H groups in total. The number of nitrogens with two attached hydrogens (primary N) is 1. The lowest BCUT2D eigenvalue weighted by atomic mass is 10.0. The van der Waals surface area contributed by atoms with E-state index in [9.17, 15) is 19.4 Å². The highest BCUT2D eigenvalue weighted by Gasteiger charge is 2.22. The van der Waals surface area contributed by atoms with Crippen molar-refractivity contribution in [3.05, 3.63) is 71.0 Å². The zero-order valence-corrected chi connectivity index (χ0v) is 13.6. The van der Waals surface area contributed by atoms with Crippen LogP contribution in [0.3, 0.4) is 0 Å². The first-order valence-corrected chi connectivity index (χ1v) is 7.80. The Morgan fingerprint density at radius 1 is 1.16 bits per heavy atom. The second-order valence-electron chi connectivity index (χ2n) is 5.51. The number of hydrogen-bond donors (Lipinski definition) is 4. The molecule has 0 bridgehead atoms. The molecule has 1 amide bonds. The normalized spacial score (nSPS) is 13.1. The van der Waals surface area contributed by atoms with Gasteiger partial charge in [-0.25, -0.2) is 9.18 Å². The molecule has 0 fully saturated rings. The van der Waals surface area contributed by atoms with E-state index in [-0.39, 0.29) is 25.3 Å². The molecule has 6 nitrogen and oxygen atoms in total. The molecule has 2 aromatic carbocycles. The molecule has 2 unspecified atom stereocenters. The summed E-state index contributed by atoms with van der Waals surface area (Å²) >= 11 is 0. The van der Waals surface area contributed by atoms with Crippen LogP contribution < -0.4 is 11.1 Å². The number of halogens is 1. The summed E-state index contributed by atoms with van der Waals surface area (Å²) in [4.78, 5) is 11.6. The molecular weight excluding hydrogens is 327 g/mol. The molecule has 2 aromatic rings. The van der Waals surface area contributed by atoms with Crippen LogP contribution >= 0.6 is 0 Å². The van der Waals surface area contributed by atoms with E-state index in [0.29, 0.717) is 5.56 Å². The number of benzene rings is 2. The van der Waals surface area contributed by atoms with Gasteiger partial charge in [-0.2, -0.15) is 0 Å². The van der Waals surface area contributed by atoms with Crippen LogP contribution in [-0.2, 0) is 17.9 Å². The van der Waals surface area contributed by atoms with Gasteiger partial charge in [-0.05, 0) is 23.3 Å². The molecule has 2 atom stereocenters. The second-order valence-corrected chi connectivity index (χ2v) is 5.51. The minimum atomic E-state index is -1.50. The van der Waals surface area contributed by atoms with E-state index in [1.54, 1.807) is 12.1 Å². The number of amides is 1. The number of carbonyl (C=O) groups excluding carboxylic acids is 1. The third-order valence-electron chi connectivity index (χ3n) is 3.65. The van der Waals surface area contributed by atoms with Gasteiger partial charge in [0.15, 0.2) is 0 Å². The zero-order chi connectivity index (χ0) is 18.2. The lowest BCUT2D eigenvalue weighted by molar-refractivity contribution is 0.0163. The van der Waals surface area contributed by atoms with Crippen LogP contribution in [-0.4, -0.2) is 29.0 Å². The third-order valence-corrected chi connectivity index (χ3v) is 3.65. The fourth-order valence-electron chi connectivity index (χ4n) is 2.23. The van der Waals surface area contributed by atoms with E-state index in [1.165, 1.54) is 18.2 Å². The van der Waals surface area contributed by atoms with E-state index in [4.69, 9.17) is 10.5 Å². The molecule has 0 heterocycles. The van der Waals surface area contributed by atoms with Crippen molar-refractivity contribution >= 4 is 6.09 Å². The highest BCUT2D eigenvalue weighted by atomic mass is 19.1. The molecule has 0 aliphatic rings. The topological polar surface area (TPSA) is 105 Å². The Balaban J connectivity index is 1.84. The van der Waals surface area contributed by atoms with E-state index < -0.39 is 24.1 Å². The Hall–Kier alpha value is -2.48. The summed E-state index contributed by atoms with van der Waals surface area (Å²) in [5, 5.41) is 22.4. The maximum atomic E-state index is 13.8. The molecule has 25 heavy (non-hydrogen) atoms. The number of aliphatic hydroxyl groups is 2. The third kappa shape index (κ3) is 5.53. The van der Waals surface area contributed by atoms with Gasteiger partial charge in [0.2, 0.25) is 0 Å². The van der Waals surface area contributed by atoms with Crippen molar-refractivity contribution in [3.63, 3.8) is 0 Å². The summed E-state index contributed by atoms with van der Waals surface area (Å²) in [7, 11) is 0. The fourth-order valence-corrected chi connectivity index (χ4v) is 2.23. The Kier molecular flexibility index (Phi) is 6.88. The van der Waals surface area contributed by atoms with Crippen molar-refractivity contribution < 1.29 is 24.1 Å². The van der Waals surface area contributed by atoms with Gasteiger partial charge in [-0.3, -0.25) is 0 Å². The van der Waals surface area contributed by atoms with Crippen molar-refractivity contribution in [1.29, 1.82) is 0 Å². The maximum absolute atomic E-state index is 13.8. The van der Waals surface area contributed by atoms with Gasteiger partial charge in [0.05, 0.1) is 0 Å². The van der Waals surface area contributed by atoms with Crippen LogP contribution in [0.5, 0.6) is 0 Å². The minimum Gasteiger partial charge on any atom is -0.445 e. The predicted molar refractivity (Wildman–Crippen MR) is 89.9 cm³/mol. The Bertz CT molecular complexity index is 697. The average molecular weight is 348 g/mol. The number of rotatable bonds is 7. The molecule has 7 heteroatoms. The van der Waals surface area contributed by atoms with Crippen LogP contribution in [0, 0.1) is 5.82 Å². The number of ether oxygens (including phenoxy) is 1. The Morgan fingerprint density at radius 2 is 1.88 bits per heavy atom. The lowest BCUT2D eigenvalue weighted by Crippen LogP contribution is -2.36. The lowest BCUT2D eigenvalue weighted by Gasteiger charge is -2.19. The van der Waals surface area contributed by atoms with Crippen LogP contribution in [0.4, 0.5) is 9.18 Å². The van der Waals surface area contributed by atoms with Gasteiger partial charge in [-0.15, -0.1) is 0 Å². The Morgan fingerprint density at radius 3 is 2.56 bits per heavy atom. The van der Waals surface area contributed by atoms with Gasteiger partial charge in [0.1, 0.15) is 24.6 Å². The van der Waals surface area contributed by atoms with Gasteiger partial charge >= 0.3 is 6.09 Å². The molecular formula is C18H21FN2O4. The summed E-state index contributed by atoms with van der Waals surface area (Å²) in [5.41, 5.74) is 6.85. The van der Waals surface area contributed by atoms with Crippen LogP contribution in [0.25, 0.3) is 0 Å². The maximum Gasteiger partial charge on any atom is 0.407 e. The SMILES string of the molecule is NCc1ccc(F)c(C(O)C(O)CNC(=O)OCc2ccccc2)c1. The van der Waals surface area contributed by atoms with E-state index in [0.717, 1.165) is 5.56 Å². The molecule has 0 aliphatic carbocycles. The number of nitrogens with one attached hydrogen (secondary N) is 1. The first kappa shape index (κ1) is 18.9. The molecule has 0 aromatic heterocycles. The summed E-state index contributed by atoms with van der Waals surface area (Å²) in [6.07, 6.45) is -3.64. The van der Waals surface area contributed by atoms with Crippen molar-refractivity contribution in [2.45, 2.75) is 25.4 Å². The standard InChI is InChI=1S/C18H21FN2O4/c19-15-7-6-13(9-20)8-14(15)17(23)16(22)10-21-18(24)25-11-12-4-2-1-3-5-12/h1-8,16-17,22-23H,9-11,20H2,(H,21,24). The largest absolute Gasteiger partial charge is 0.445 e. The Labute approximate surface area is 145 Å². The van der Waals surface area contributed by atoms with Crippen molar-refractivity contribution in [1.82, 2.24) is 5.32 Å². The number of alkyl carbamates (subject to hydrolysis) is 1. The predicted octanol–water partition coefficient (Wildman–Crippen LogP) is 1.61. The van der Waals surface area contributed by atoms with E-state index in [1.807, 2.05) is 18.2 Å². The summed E-state index contributed by atoms with van der Waals surface area (Å²) in [5.74, 6) is -0.657. The molecule has 0 radical (unpaired) electrons. The summed E-state index contributed by atoms with van der Waals surface area (Å²) < 4.78 is 18.8. The molecule has 134 valence electrons. The van der Waals surface area contributed by atoms with Gasteiger partial charge in [0.25, 0.3) is 0 Å². The van der Waals surface area contributed by atoms with Gasteiger partial charge in [-0.1, -0.05) is 36.4 Å². The van der Waals surface area contributed by atoms with Crippen LogP contribution in [0.15, 0.2) is 48.5 Å². The number of aliphatic hydroxyl groups excluding tert-OH is 2. The molecule has 0 aliphatic heterocycles. The van der Waals surface area contributed by atoms with Gasteiger partial charge < -0.3 is 26.0 Å². The summed E-state index contributed by atoms with van der Waals surface area (Å²) in [6.45, 7) is -0.0280.